The molecule has 0 aromatic rings. The predicted octanol–water partition coefficient (Wildman–Crippen LogP) is 0.830. The Hall–Kier alpha value is 0.170. The van der Waals surface area contributed by atoms with E-state index in [4.69, 9.17) is 5.73 Å². The van der Waals surface area contributed by atoms with Crippen LogP contribution in [0.5, 0.6) is 0 Å². The smallest absolute Gasteiger partial charge is 0.217 e. The fourth-order valence-electron chi connectivity index (χ4n) is 0.311. The first-order valence-corrected chi connectivity index (χ1v) is 4.36. The summed E-state index contributed by atoms with van der Waals surface area (Å²) in [6.07, 6.45) is 1.32. The summed E-state index contributed by atoms with van der Waals surface area (Å²) in [5, 5.41) is 0. The van der Waals surface area contributed by atoms with Crippen molar-refractivity contribution in [3.63, 3.8) is 0 Å². The van der Waals surface area contributed by atoms with E-state index >= 15 is 0 Å². The molecule has 0 fully saturated rings. The van der Waals surface area contributed by atoms with Crippen LogP contribution in [-0.2, 0) is 4.79 Å². The van der Waals surface area contributed by atoms with E-state index in [1.807, 2.05) is 0 Å². The lowest BCUT2D eigenvalue weighted by Crippen LogP contribution is -2.09. The summed E-state index contributed by atoms with van der Waals surface area (Å²) in [4.78, 5) is 10.1. The molecule has 0 unspecified atom stereocenters. The summed E-state index contributed by atoms with van der Waals surface area (Å²) in [7, 11) is 1.43. The number of hydrogen-bond donors (Lipinski definition) is 2. The van der Waals surface area contributed by atoms with Crippen molar-refractivity contribution in [1.82, 2.24) is 0 Å². The minimum absolute atomic E-state index is 0.229. The second-order valence-electron chi connectivity index (χ2n) is 1.40. The Labute approximate surface area is 58.0 Å². The number of amides is 1. The molecule has 0 saturated heterocycles. The van der Waals surface area contributed by atoms with E-state index in [1.165, 1.54) is 10.8 Å². The van der Waals surface area contributed by atoms with Gasteiger partial charge in [0.05, 0.1) is 0 Å². The molecule has 0 rings (SSSR count). The third-order valence-corrected chi connectivity index (χ3v) is 1.68. The van der Waals surface area contributed by atoms with Crippen molar-refractivity contribution in [3.05, 3.63) is 0 Å². The monoisotopic (exact) mass is 151 g/mol. The molecule has 0 heterocycles. The molecule has 1 amide bonds. The van der Waals surface area contributed by atoms with Gasteiger partial charge in [0, 0.05) is 12.2 Å². The van der Waals surface area contributed by atoms with Gasteiger partial charge in [-0.15, -0.1) is 11.7 Å². The molecule has 0 aliphatic carbocycles. The molecule has 0 atom stereocenters. The lowest BCUT2D eigenvalue weighted by molar-refractivity contribution is -0.118. The van der Waals surface area contributed by atoms with Gasteiger partial charge in [-0.3, -0.25) is 4.79 Å². The molecule has 8 heavy (non-hydrogen) atoms. The van der Waals surface area contributed by atoms with Crippen LogP contribution in [0.15, 0.2) is 0 Å². The largest absolute Gasteiger partial charge is 0.370 e. The molecule has 0 saturated carbocycles. The zero-order chi connectivity index (χ0) is 6.41. The molecule has 0 aliphatic rings. The lowest BCUT2D eigenvalue weighted by atomic mass is 10.3. The average Bonchev–Trinajstić information content (AvgIpc) is 1.66. The van der Waals surface area contributed by atoms with Crippen LogP contribution in [0.25, 0.3) is 0 Å². The van der Waals surface area contributed by atoms with Gasteiger partial charge in [-0.05, 0) is 6.42 Å². The highest BCUT2D eigenvalue weighted by Crippen LogP contribution is 2.06. The predicted molar refractivity (Wildman–Crippen MR) is 39.9 cm³/mol. The van der Waals surface area contributed by atoms with E-state index in [2.05, 4.69) is 11.7 Å². The molecule has 2 nitrogen and oxygen atoms in total. The van der Waals surface area contributed by atoms with Gasteiger partial charge in [-0.25, -0.2) is 0 Å². The Balaban J connectivity index is 2.82. The highest BCUT2D eigenvalue weighted by molar-refractivity contribution is 8.68. The number of primary amides is 1. The molecule has 0 aromatic heterocycles. The van der Waals surface area contributed by atoms with E-state index in [1.54, 1.807) is 0 Å². The third kappa shape index (κ3) is 6.17. The first-order chi connectivity index (χ1) is 3.77. The molecule has 0 aromatic carbocycles. The fourth-order valence-corrected chi connectivity index (χ4v) is 0.972. The van der Waals surface area contributed by atoms with Crippen LogP contribution < -0.4 is 5.73 Å². The maximum absolute atomic E-state index is 10.1. The minimum Gasteiger partial charge on any atom is -0.370 e. The molecule has 0 aliphatic heterocycles. The van der Waals surface area contributed by atoms with Crippen LogP contribution in [-0.4, -0.2) is 11.7 Å². The van der Waals surface area contributed by atoms with Gasteiger partial charge >= 0.3 is 0 Å². The Kier molecular flexibility index (Phi) is 5.42. The highest BCUT2D eigenvalue weighted by atomic mass is 33.1. The Morgan fingerprint density at radius 3 is 2.75 bits per heavy atom. The number of rotatable bonds is 4. The topological polar surface area (TPSA) is 43.1 Å². The average molecular weight is 151 g/mol. The van der Waals surface area contributed by atoms with Crippen LogP contribution >= 0.6 is 22.5 Å². The summed E-state index contributed by atoms with van der Waals surface area (Å²) in [5.41, 5.74) is 4.86. The molecule has 48 valence electrons. The van der Waals surface area contributed by atoms with Crippen LogP contribution in [0.3, 0.4) is 0 Å². The van der Waals surface area contributed by atoms with E-state index < -0.39 is 0 Å². The van der Waals surface area contributed by atoms with Crippen LogP contribution in [0.1, 0.15) is 12.8 Å². The number of thiol groups is 1. The molecular weight excluding hydrogens is 142 g/mol. The molecule has 2 N–H and O–H groups in total. The summed E-state index contributed by atoms with van der Waals surface area (Å²) < 4.78 is 0. The Morgan fingerprint density at radius 1 is 1.75 bits per heavy atom. The zero-order valence-electron chi connectivity index (χ0n) is 4.46. The van der Waals surface area contributed by atoms with Crippen molar-refractivity contribution in [1.29, 1.82) is 0 Å². The normalized spacial score (nSPS) is 9.12. The SMILES string of the molecule is NC(=O)CCCSS. The summed E-state index contributed by atoms with van der Waals surface area (Å²) in [6, 6.07) is 0. The van der Waals surface area contributed by atoms with E-state index in [-0.39, 0.29) is 5.91 Å². The second kappa shape index (κ2) is 5.31. The van der Waals surface area contributed by atoms with Gasteiger partial charge in [0.1, 0.15) is 0 Å². The van der Waals surface area contributed by atoms with Gasteiger partial charge in [0.25, 0.3) is 0 Å². The number of hydrogen-bond acceptors (Lipinski definition) is 3. The summed E-state index contributed by atoms with van der Waals surface area (Å²) in [6.45, 7) is 0. The molecule has 4 heteroatoms. The van der Waals surface area contributed by atoms with E-state index in [9.17, 15) is 4.79 Å². The van der Waals surface area contributed by atoms with Crippen molar-refractivity contribution in [2.45, 2.75) is 12.8 Å². The van der Waals surface area contributed by atoms with E-state index in [0.29, 0.717) is 6.42 Å². The van der Waals surface area contributed by atoms with Crippen LogP contribution in [0.2, 0.25) is 0 Å². The molecule has 0 spiro atoms. The molecule has 0 bridgehead atoms. The molecule has 0 radical (unpaired) electrons. The number of carbonyl (C=O) groups is 1. The zero-order valence-corrected chi connectivity index (χ0v) is 6.17. The van der Waals surface area contributed by atoms with E-state index in [0.717, 1.165) is 12.2 Å². The summed E-state index contributed by atoms with van der Waals surface area (Å²) >= 11 is 3.89. The Morgan fingerprint density at radius 2 is 2.38 bits per heavy atom. The second-order valence-corrected chi connectivity index (χ2v) is 2.84. The standard InChI is InChI=1S/C4H9NOS2/c5-4(6)2-1-3-8-7/h7H,1-3H2,(H2,5,6). The minimum atomic E-state index is -0.229. The highest BCUT2D eigenvalue weighted by Gasteiger charge is 1.91. The lowest BCUT2D eigenvalue weighted by Gasteiger charge is -1.90. The number of carbonyl (C=O) groups excluding carboxylic acids is 1. The third-order valence-electron chi connectivity index (χ3n) is 0.659. The Bertz CT molecular complexity index is 76.4. The number of nitrogens with two attached hydrogens (primary N) is 1. The quantitative estimate of drug-likeness (QED) is 0.355. The van der Waals surface area contributed by atoms with Gasteiger partial charge < -0.3 is 5.73 Å². The van der Waals surface area contributed by atoms with Crippen molar-refractivity contribution in [2.24, 2.45) is 5.73 Å². The first-order valence-electron chi connectivity index (χ1n) is 2.32. The first kappa shape index (κ1) is 8.17. The molecular formula is C4H9NOS2. The van der Waals surface area contributed by atoms with Crippen LogP contribution in [0, 0.1) is 0 Å². The maximum atomic E-state index is 10.1. The fraction of sp³-hybridized carbons (Fsp3) is 0.750. The summed E-state index contributed by atoms with van der Waals surface area (Å²) in [5.74, 6) is 0.666. The van der Waals surface area contributed by atoms with Crippen molar-refractivity contribution in [3.8, 4) is 0 Å². The van der Waals surface area contributed by atoms with Gasteiger partial charge in [-0.2, -0.15) is 0 Å². The van der Waals surface area contributed by atoms with Crippen LogP contribution in [0.4, 0.5) is 0 Å². The van der Waals surface area contributed by atoms with Crippen molar-refractivity contribution < 1.29 is 4.79 Å². The van der Waals surface area contributed by atoms with Gasteiger partial charge in [0.2, 0.25) is 5.91 Å². The maximum Gasteiger partial charge on any atom is 0.217 e. The van der Waals surface area contributed by atoms with Crippen molar-refractivity contribution in [2.75, 3.05) is 5.75 Å². The van der Waals surface area contributed by atoms with Crippen molar-refractivity contribution >= 4 is 28.4 Å². The van der Waals surface area contributed by atoms with Gasteiger partial charge in [-0.1, -0.05) is 10.8 Å². The van der Waals surface area contributed by atoms with Gasteiger partial charge in [0.15, 0.2) is 0 Å².